The van der Waals surface area contributed by atoms with Crippen molar-refractivity contribution in [3.63, 3.8) is 0 Å². The predicted octanol–water partition coefficient (Wildman–Crippen LogP) is 2.53. The average Bonchev–Trinajstić information content (AvgIpc) is 2.86. The molecular weight excluding hydrogens is 381 g/mol. The van der Waals surface area contributed by atoms with E-state index in [1.54, 1.807) is 7.11 Å². The second kappa shape index (κ2) is 11.5. The van der Waals surface area contributed by atoms with Crippen LogP contribution in [0.5, 0.6) is 0 Å². The molecule has 1 fully saturated rings. The van der Waals surface area contributed by atoms with Gasteiger partial charge in [0.15, 0.2) is 5.96 Å². The first kappa shape index (κ1) is 20.9. The van der Waals surface area contributed by atoms with Gasteiger partial charge in [-0.3, -0.25) is 4.99 Å². The van der Waals surface area contributed by atoms with Gasteiger partial charge in [-0.2, -0.15) is 0 Å². The molecule has 0 heterocycles. The Kier molecular flexibility index (Phi) is 11.4. The topological polar surface area (TPSA) is 68.9 Å². The average molecular weight is 413 g/mol. The zero-order chi connectivity index (χ0) is 14.8. The monoisotopic (exact) mass is 413 g/mol. The fourth-order valence-electron chi connectivity index (χ4n) is 2.89. The molecule has 1 aliphatic carbocycles. The molecule has 21 heavy (non-hydrogen) atoms. The van der Waals surface area contributed by atoms with Crippen LogP contribution in [-0.4, -0.2) is 45.5 Å². The number of nitrogens with one attached hydrogen (secondary N) is 1. The summed E-state index contributed by atoms with van der Waals surface area (Å²) in [4.78, 5) is 4.55. The van der Waals surface area contributed by atoms with Gasteiger partial charge in [-0.05, 0) is 38.5 Å². The highest BCUT2D eigenvalue weighted by Crippen LogP contribution is 2.41. The minimum Gasteiger partial charge on any atom is -0.383 e. The van der Waals surface area contributed by atoms with Gasteiger partial charge in [0.05, 0.1) is 6.61 Å². The third-order valence-electron chi connectivity index (χ3n) is 4.04. The van der Waals surface area contributed by atoms with Crippen molar-refractivity contribution in [2.24, 2.45) is 16.1 Å². The zero-order valence-electron chi connectivity index (χ0n) is 13.7. The molecule has 0 aromatic rings. The minimum absolute atomic E-state index is 0. The van der Waals surface area contributed by atoms with Gasteiger partial charge in [0, 0.05) is 32.9 Å². The number of nitrogens with zero attached hydrogens (tertiary/aromatic N) is 1. The highest BCUT2D eigenvalue weighted by atomic mass is 127. The van der Waals surface area contributed by atoms with Crippen molar-refractivity contribution in [3.05, 3.63) is 0 Å². The number of ether oxygens (including phenoxy) is 2. The lowest BCUT2D eigenvalue weighted by atomic mass is 9.83. The normalized spacial score (nSPS) is 19.1. The van der Waals surface area contributed by atoms with Crippen LogP contribution in [0, 0.1) is 5.41 Å². The maximum absolute atomic E-state index is 5.95. The van der Waals surface area contributed by atoms with Crippen molar-refractivity contribution in [3.8, 4) is 0 Å². The smallest absolute Gasteiger partial charge is 0.188 e. The number of guanidine groups is 1. The van der Waals surface area contributed by atoms with Gasteiger partial charge in [0.2, 0.25) is 0 Å². The highest BCUT2D eigenvalue weighted by molar-refractivity contribution is 14.0. The van der Waals surface area contributed by atoms with Gasteiger partial charge in [-0.25, -0.2) is 0 Å². The van der Waals surface area contributed by atoms with Crippen LogP contribution < -0.4 is 11.1 Å². The van der Waals surface area contributed by atoms with Gasteiger partial charge in [0.1, 0.15) is 0 Å². The standard InChI is InChI=1S/C15H31N3O2.HI/c1-4-20-10-9-15(7-5-6-8-15)12-17-14(16)18-13(2)11-19-3;/h13H,4-12H2,1-3H3,(H3,16,17,18);1H. The number of hydrogen-bond acceptors (Lipinski definition) is 3. The molecule has 5 nitrogen and oxygen atoms in total. The molecule has 0 bridgehead atoms. The lowest BCUT2D eigenvalue weighted by molar-refractivity contribution is 0.107. The Morgan fingerprint density at radius 1 is 1.38 bits per heavy atom. The number of nitrogens with two attached hydrogens (primary N) is 1. The molecule has 3 N–H and O–H groups in total. The van der Waals surface area contributed by atoms with E-state index in [-0.39, 0.29) is 30.0 Å². The molecule has 0 saturated heterocycles. The number of rotatable bonds is 9. The summed E-state index contributed by atoms with van der Waals surface area (Å²) in [6, 6.07) is 0.187. The summed E-state index contributed by atoms with van der Waals surface area (Å²) in [5.74, 6) is 0.525. The first-order chi connectivity index (χ1) is 9.62. The van der Waals surface area contributed by atoms with Crippen LogP contribution >= 0.6 is 24.0 Å². The van der Waals surface area contributed by atoms with E-state index >= 15 is 0 Å². The second-order valence-corrected chi connectivity index (χ2v) is 5.86. The van der Waals surface area contributed by atoms with Crippen molar-refractivity contribution >= 4 is 29.9 Å². The molecule has 1 unspecified atom stereocenters. The molecule has 0 aromatic heterocycles. The first-order valence-electron chi connectivity index (χ1n) is 7.75. The molecule has 126 valence electrons. The molecule has 1 saturated carbocycles. The molecule has 0 spiro atoms. The van der Waals surface area contributed by atoms with E-state index < -0.39 is 0 Å². The van der Waals surface area contributed by atoms with Crippen molar-refractivity contribution in [1.29, 1.82) is 0 Å². The molecule has 0 aliphatic heterocycles. The summed E-state index contributed by atoms with van der Waals surface area (Å²) in [5, 5.41) is 3.16. The summed E-state index contributed by atoms with van der Waals surface area (Å²) in [7, 11) is 1.69. The van der Waals surface area contributed by atoms with Gasteiger partial charge in [-0.1, -0.05) is 12.8 Å². The molecule has 1 atom stereocenters. The Labute approximate surface area is 146 Å². The van der Waals surface area contributed by atoms with Crippen LogP contribution in [0.1, 0.15) is 46.0 Å². The number of methoxy groups -OCH3 is 1. The van der Waals surface area contributed by atoms with E-state index in [0.717, 1.165) is 26.2 Å². The van der Waals surface area contributed by atoms with Gasteiger partial charge >= 0.3 is 0 Å². The highest BCUT2D eigenvalue weighted by Gasteiger charge is 2.33. The van der Waals surface area contributed by atoms with Crippen molar-refractivity contribution in [2.75, 3.05) is 33.5 Å². The van der Waals surface area contributed by atoms with Gasteiger partial charge in [0.25, 0.3) is 0 Å². The molecule has 1 rings (SSSR count). The third kappa shape index (κ3) is 8.21. The van der Waals surface area contributed by atoms with Crippen molar-refractivity contribution in [1.82, 2.24) is 5.32 Å². The van der Waals surface area contributed by atoms with Crippen LogP contribution in [0.3, 0.4) is 0 Å². The molecular formula is C15H32IN3O2. The maximum Gasteiger partial charge on any atom is 0.188 e. The van der Waals surface area contributed by atoms with E-state index in [2.05, 4.69) is 10.3 Å². The largest absolute Gasteiger partial charge is 0.383 e. The fraction of sp³-hybridized carbons (Fsp3) is 0.933. The molecule has 0 aromatic carbocycles. The maximum atomic E-state index is 5.95. The quantitative estimate of drug-likeness (QED) is 0.264. The number of aliphatic imine (C=N–C) groups is 1. The van der Waals surface area contributed by atoms with Gasteiger partial charge < -0.3 is 20.5 Å². The Morgan fingerprint density at radius 2 is 2.05 bits per heavy atom. The van der Waals surface area contributed by atoms with Crippen LogP contribution in [0.2, 0.25) is 0 Å². The third-order valence-corrected chi connectivity index (χ3v) is 4.04. The van der Waals surface area contributed by atoms with Crippen LogP contribution in [0.15, 0.2) is 4.99 Å². The molecule has 0 radical (unpaired) electrons. The van der Waals surface area contributed by atoms with E-state index in [0.29, 0.717) is 18.0 Å². The summed E-state index contributed by atoms with van der Waals surface area (Å²) in [5.41, 5.74) is 6.25. The number of hydrogen-bond donors (Lipinski definition) is 2. The van der Waals surface area contributed by atoms with Crippen LogP contribution in [0.25, 0.3) is 0 Å². The minimum atomic E-state index is 0. The fourth-order valence-corrected chi connectivity index (χ4v) is 2.89. The molecule has 6 heteroatoms. The van der Waals surface area contributed by atoms with Crippen molar-refractivity contribution < 1.29 is 9.47 Å². The Balaban J connectivity index is 0.00000400. The predicted molar refractivity (Wildman–Crippen MR) is 98.4 cm³/mol. The number of halogens is 1. The zero-order valence-corrected chi connectivity index (χ0v) is 16.0. The first-order valence-corrected chi connectivity index (χ1v) is 7.75. The Morgan fingerprint density at radius 3 is 2.62 bits per heavy atom. The van der Waals surface area contributed by atoms with E-state index in [9.17, 15) is 0 Å². The van der Waals surface area contributed by atoms with Crippen molar-refractivity contribution in [2.45, 2.75) is 52.0 Å². The Bertz CT molecular complexity index is 295. The van der Waals surface area contributed by atoms with E-state index in [1.165, 1.54) is 25.7 Å². The molecule has 1 aliphatic rings. The summed E-state index contributed by atoms with van der Waals surface area (Å²) in [6.07, 6.45) is 6.17. The van der Waals surface area contributed by atoms with E-state index in [4.69, 9.17) is 15.2 Å². The Hall–Kier alpha value is -0.0800. The summed E-state index contributed by atoms with van der Waals surface area (Å²) >= 11 is 0. The van der Waals surface area contributed by atoms with E-state index in [1.807, 2.05) is 13.8 Å². The lowest BCUT2D eigenvalue weighted by Crippen LogP contribution is -2.41. The SMILES string of the molecule is CCOCCC1(CN=C(N)NC(C)COC)CCCC1.I. The van der Waals surface area contributed by atoms with Gasteiger partial charge in [-0.15, -0.1) is 24.0 Å². The second-order valence-electron chi connectivity index (χ2n) is 5.86. The summed E-state index contributed by atoms with van der Waals surface area (Å²) in [6.45, 7) is 7.13. The molecule has 0 amide bonds. The van der Waals surface area contributed by atoms with Crippen LogP contribution in [0.4, 0.5) is 0 Å². The lowest BCUT2D eigenvalue weighted by Gasteiger charge is -2.27. The van der Waals surface area contributed by atoms with Crippen LogP contribution in [-0.2, 0) is 9.47 Å². The summed E-state index contributed by atoms with van der Waals surface area (Å²) < 4.78 is 10.6.